The van der Waals surface area contributed by atoms with Gasteiger partial charge in [0.25, 0.3) is 10.1 Å². The molecule has 2 heterocycles. The zero-order valence-corrected chi connectivity index (χ0v) is 26.8. The van der Waals surface area contributed by atoms with Crippen LogP contribution in [-0.4, -0.2) is 49.5 Å². The van der Waals surface area contributed by atoms with Crippen LogP contribution in [0.3, 0.4) is 0 Å². The van der Waals surface area contributed by atoms with Crippen molar-refractivity contribution >= 4 is 33.4 Å². The first-order valence-electron chi connectivity index (χ1n) is 15.3. The summed E-state index contributed by atoms with van der Waals surface area (Å²) < 4.78 is 34.3. The van der Waals surface area contributed by atoms with Crippen LogP contribution in [-0.2, 0) is 25.7 Å². The number of aromatic nitrogens is 2. The fourth-order valence-corrected chi connectivity index (χ4v) is 6.24. The van der Waals surface area contributed by atoms with E-state index >= 15 is 0 Å². The van der Waals surface area contributed by atoms with Gasteiger partial charge in [0.05, 0.1) is 25.6 Å². The summed E-state index contributed by atoms with van der Waals surface area (Å²) >= 11 is 0. The van der Waals surface area contributed by atoms with E-state index < -0.39 is 16.1 Å². The lowest BCUT2D eigenvalue weighted by Gasteiger charge is -2.30. The SMILES string of the molecule is Cc1cccc(OCCCC(=O)N2C[C@@H]3C[C@@H]3c3c(-c4cnn(Cc5cccc(NC(=O)NOS(C)(=O)=O)c5)c4)cccc32)c1C. The topological polar surface area (TPSA) is 132 Å². The van der Waals surface area contributed by atoms with Crippen molar-refractivity contribution in [2.24, 2.45) is 5.92 Å². The predicted octanol–water partition coefficient (Wildman–Crippen LogP) is 5.54. The average Bonchev–Trinajstić information content (AvgIpc) is 3.67. The minimum absolute atomic E-state index is 0.120. The highest BCUT2D eigenvalue weighted by Gasteiger charge is 2.47. The number of nitrogens with zero attached hydrogens (tertiary/aromatic N) is 3. The number of carbonyl (C=O) groups is 2. The summed E-state index contributed by atoms with van der Waals surface area (Å²) in [5.41, 5.74) is 9.77. The van der Waals surface area contributed by atoms with Crippen molar-refractivity contribution in [2.75, 3.05) is 29.6 Å². The fraction of sp³-hybridized carbons (Fsp3) is 0.324. The first-order valence-corrected chi connectivity index (χ1v) is 17.1. The van der Waals surface area contributed by atoms with Crippen LogP contribution in [0.15, 0.2) is 73.1 Å². The summed E-state index contributed by atoms with van der Waals surface area (Å²) in [5, 5.41) is 7.15. The van der Waals surface area contributed by atoms with Gasteiger partial charge in [-0.1, -0.05) is 36.4 Å². The molecule has 0 bridgehead atoms. The molecule has 1 aromatic heterocycles. The number of urea groups is 1. The molecule has 240 valence electrons. The molecule has 1 saturated carbocycles. The summed E-state index contributed by atoms with van der Waals surface area (Å²) in [6.45, 7) is 5.81. The molecule has 6 rings (SSSR count). The maximum absolute atomic E-state index is 13.5. The summed E-state index contributed by atoms with van der Waals surface area (Å²) in [5.74, 6) is 1.89. The monoisotopic (exact) mass is 643 g/mol. The molecule has 1 fully saturated rings. The van der Waals surface area contributed by atoms with Gasteiger partial charge >= 0.3 is 6.03 Å². The number of nitrogens with one attached hydrogen (secondary N) is 2. The summed E-state index contributed by atoms with van der Waals surface area (Å²) in [6.07, 6.45) is 6.81. The van der Waals surface area contributed by atoms with E-state index in [1.165, 1.54) is 11.1 Å². The van der Waals surface area contributed by atoms with Crippen LogP contribution in [0, 0.1) is 19.8 Å². The third kappa shape index (κ3) is 7.24. The Labute approximate surface area is 268 Å². The highest BCUT2D eigenvalue weighted by Crippen LogP contribution is 2.57. The van der Waals surface area contributed by atoms with Crippen LogP contribution < -0.4 is 20.4 Å². The summed E-state index contributed by atoms with van der Waals surface area (Å²) in [6, 6.07) is 18.5. The first kappa shape index (κ1) is 31.3. The molecular weight excluding hydrogens is 606 g/mol. The number of hydroxylamine groups is 1. The van der Waals surface area contributed by atoms with E-state index in [4.69, 9.17) is 4.74 Å². The van der Waals surface area contributed by atoms with Gasteiger partial charge in [-0.15, -0.1) is 4.28 Å². The minimum Gasteiger partial charge on any atom is -0.493 e. The largest absolute Gasteiger partial charge is 0.493 e. The second-order valence-corrected chi connectivity index (χ2v) is 13.5. The molecule has 46 heavy (non-hydrogen) atoms. The average molecular weight is 644 g/mol. The van der Waals surface area contributed by atoms with Gasteiger partial charge in [-0.2, -0.15) is 19.0 Å². The molecule has 4 aromatic rings. The van der Waals surface area contributed by atoms with Crippen molar-refractivity contribution < 1.29 is 27.0 Å². The zero-order chi connectivity index (χ0) is 32.4. The van der Waals surface area contributed by atoms with Gasteiger partial charge in [0, 0.05) is 36.1 Å². The van der Waals surface area contributed by atoms with E-state index in [-0.39, 0.29) is 5.91 Å². The second-order valence-electron chi connectivity index (χ2n) is 12.0. The number of rotatable bonds is 11. The van der Waals surface area contributed by atoms with Crippen molar-refractivity contribution in [1.29, 1.82) is 0 Å². The van der Waals surface area contributed by atoms with E-state index in [9.17, 15) is 18.0 Å². The highest BCUT2D eigenvalue weighted by atomic mass is 32.2. The fourth-order valence-electron chi connectivity index (χ4n) is 6.02. The number of ether oxygens (including phenoxy) is 1. The van der Waals surface area contributed by atoms with Crippen molar-refractivity contribution in [3.63, 3.8) is 0 Å². The van der Waals surface area contributed by atoms with Gasteiger partial charge in [0.15, 0.2) is 0 Å². The molecule has 0 saturated heterocycles. The van der Waals surface area contributed by atoms with Gasteiger partial charge in [-0.25, -0.2) is 4.79 Å². The molecule has 0 unspecified atom stereocenters. The van der Waals surface area contributed by atoms with E-state index in [1.54, 1.807) is 18.2 Å². The van der Waals surface area contributed by atoms with Crippen LogP contribution in [0.5, 0.6) is 5.75 Å². The number of anilines is 2. The molecule has 2 N–H and O–H groups in total. The number of hydrogen-bond acceptors (Lipinski definition) is 7. The molecule has 1 aliphatic heterocycles. The number of hydrogen-bond donors (Lipinski definition) is 2. The lowest BCUT2D eigenvalue weighted by Crippen LogP contribution is -2.36. The third-order valence-electron chi connectivity index (χ3n) is 8.49. The van der Waals surface area contributed by atoms with Crippen LogP contribution in [0.2, 0.25) is 0 Å². The van der Waals surface area contributed by atoms with Gasteiger partial charge in [-0.05, 0) is 90.6 Å². The molecule has 12 heteroatoms. The number of carbonyl (C=O) groups excluding carboxylic acids is 2. The molecule has 11 nitrogen and oxygen atoms in total. The van der Waals surface area contributed by atoms with Crippen molar-refractivity contribution in [3.05, 3.63) is 95.3 Å². The Morgan fingerprint density at radius 3 is 2.70 bits per heavy atom. The van der Waals surface area contributed by atoms with E-state index in [0.717, 1.165) is 52.9 Å². The highest BCUT2D eigenvalue weighted by molar-refractivity contribution is 7.85. The third-order valence-corrected chi connectivity index (χ3v) is 8.88. The molecule has 3 aromatic carbocycles. The molecule has 2 aliphatic rings. The Morgan fingerprint density at radius 2 is 1.87 bits per heavy atom. The van der Waals surface area contributed by atoms with Crippen molar-refractivity contribution in [2.45, 2.75) is 45.6 Å². The van der Waals surface area contributed by atoms with E-state index in [1.807, 2.05) is 51.7 Å². The van der Waals surface area contributed by atoms with Gasteiger partial charge < -0.3 is 15.0 Å². The Balaban J connectivity index is 1.11. The van der Waals surface area contributed by atoms with E-state index in [2.05, 4.69) is 46.7 Å². The minimum atomic E-state index is -3.82. The molecular formula is C34H37N5O6S. The molecule has 2 atom stereocenters. The number of amides is 3. The van der Waals surface area contributed by atoms with Crippen LogP contribution in [0.1, 0.15) is 47.4 Å². The maximum Gasteiger partial charge on any atom is 0.344 e. The predicted molar refractivity (Wildman–Crippen MR) is 175 cm³/mol. The van der Waals surface area contributed by atoms with E-state index in [0.29, 0.717) is 43.5 Å². The van der Waals surface area contributed by atoms with Gasteiger partial charge in [0.1, 0.15) is 5.75 Å². The number of benzene rings is 3. The molecule has 1 aliphatic carbocycles. The quantitative estimate of drug-likeness (QED) is 0.162. The van der Waals surface area contributed by atoms with Crippen LogP contribution in [0.4, 0.5) is 16.2 Å². The van der Waals surface area contributed by atoms with Crippen molar-refractivity contribution in [1.82, 2.24) is 15.3 Å². The molecule has 3 amide bonds. The smallest absolute Gasteiger partial charge is 0.344 e. The lowest BCUT2D eigenvalue weighted by atomic mass is 9.92. The van der Waals surface area contributed by atoms with Crippen LogP contribution >= 0.6 is 0 Å². The van der Waals surface area contributed by atoms with Gasteiger partial charge in [0.2, 0.25) is 5.91 Å². The number of fused-ring (bicyclic) bond motifs is 3. The Morgan fingerprint density at radius 1 is 1.07 bits per heavy atom. The van der Waals surface area contributed by atoms with Crippen molar-refractivity contribution in [3.8, 4) is 16.9 Å². The first-order chi connectivity index (χ1) is 22.1. The summed E-state index contributed by atoms with van der Waals surface area (Å²) in [4.78, 5) is 27.4. The number of aryl methyl sites for hydroxylation is 1. The maximum atomic E-state index is 13.5. The van der Waals surface area contributed by atoms with Crippen LogP contribution in [0.25, 0.3) is 11.1 Å². The second kappa shape index (κ2) is 13.0. The summed E-state index contributed by atoms with van der Waals surface area (Å²) in [7, 11) is -3.82. The Hall–Kier alpha value is -4.68. The zero-order valence-electron chi connectivity index (χ0n) is 26.0. The molecule has 0 spiro atoms. The molecule has 0 radical (unpaired) electrons. The Bertz CT molecular complexity index is 1890. The standard InChI is InChI=1S/C34H37N5O6S/c1-22-8-4-13-31(23(22)2)44-15-7-14-32(40)39-21-25-17-29(25)33-28(11-6-12-30(33)39)26-18-35-38(20-26)19-24-9-5-10-27(16-24)36-34(41)37-45-46(3,42)43/h4-6,8-13,16,18,20,25,29H,7,14-15,17,19,21H2,1-3H3,(H2,36,37,41)/t25-,29-/m0/s1. The Kier molecular flexibility index (Phi) is 8.83. The van der Waals surface area contributed by atoms with Gasteiger partial charge in [-0.3, -0.25) is 9.48 Å². The lowest BCUT2D eigenvalue weighted by molar-refractivity contribution is -0.119. The normalized spacial score (nSPS) is 16.7.